The van der Waals surface area contributed by atoms with Crippen LogP contribution in [0.15, 0.2) is 41.3 Å². The molecular weight excluding hydrogens is 379 g/mol. The Labute approximate surface area is 157 Å². The zero-order valence-corrected chi connectivity index (χ0v) is 14.9. The van der Waals surface area contributed by atoms with Crippen LogP contribution in [0.25, 0.3) is 0 Å². The van der Waals surface area contributed by atoms with Crippen LogP contribution in [-0.2, 0) is 38.0 Å². The molecule has 0 aliphatic carbocycles. The van der Waals surface area contributed by atoms with Gasteiger partial charge in [0.05, 0.1) is 30.7 Å². The van der Waals surface area contributed by atoms with Crippen LogP contribution in [0.5, 0.6) is 0 Å². The summed E-state index contributed by atoms with van der Waals surface area (Å²) in [5.41, 5.74) is 3.74. The van der Waals surface area contributed by atoms with Gasteiger partial charge in [-0.2, -0.15) is 23.4 Å². The largest absolute Gasteiger partial charge is 0.490 e. The van der Waals surface area contributed by atoms with Gasteiger partial charge in [-0.1, -0.05) is 0 Å². The summed E-state index contributed by atoms with van der Waals surface area (Å²) < 4.78 is 41.1. The first-order valence-corrected chi connectivity index (χ1v) is 8.30. The lowest BCUT2D eigenvalue weighted by molar-refractivity contribution is -0.192. The number of fused-ring (bicyclic) bond motifs is 1. The van der Waals surface area contributed by atoms with Gasteiger partial charge in [0.15, 0.2) is 0 Å². The third-order valence-electron chi connectivity index (χ3n) is 4.19. The second-order valence-electron chi connectivity index (χ2n) is 6.23. The number of aryl methyl sites for hydroxylation is 1. The minimum absolute atomic E-state index is 0.727. The van der Waals surface area contributed by atoms with Gasteiger partial charge in [0.25, 0.3) is 0 Å². The summed E-state index contributed by atoms with van der Waals surface area (Å²) >= 11 is 0. The summed E-state index contributed by atoms with van der Waals surface area (Å²) in [5.74, 6) is -1.75. The van der Waals surface area contributed by atoms with Gasteiger partial charge in [0.1, 0.15) is 5.76 Å². The van der Waals surface area contributed by atoms with E-state index in [0.717, 1.165) is 37.6 Å². The molecule has 0 saturated carbocycles. The highest BCUT2D eigenvalue weighted by molar-refractivity contribution is 5.73. The number of hydrogen-bond acceptors (Lipinski definition) is 5. The van der Waals surface area contributed by atoms with Gasteiger partial charge in [0.2, 0.25) is 0 Å². The number of carboxylic acids is 1. The molecule has 1 N–H and O–H groups in total. The number of rotatable bonds is 4. The average Bonchev–Trinajstić information content (AvgIpc) is 3.37. The molecular formula is C17H18F3N5O3. The monoisotopic (exact) mass is 397 g/mol. The topological polar surface area (TPSA) is 89.3 Å². The van der Waals surface area contributed by atoms with Crippen molar-refractivity contribution in [2.45, 2.75) is 32.4 Å². The highest BCUT2D eigenvalue weighted by atomic mass is 19.4. The van der Waals surface area contributed by atoms with E-state index >= 15 is 0 Å². The molecule has 0 saturated heterocycles. The first kappa shape index (κ1) is 19.7. The second kappa shape index (κ2) is 7.89. The molecule has 1 aliphatic rings. The molecule has 0 unspecified atom stereocenters. The number of carbonyl (C=O) groups is 1. The molecule has 0 atom stereocenters. The minimum atomic E-state index is -5.08. The second-order valence-corrected chi connectivity index (χ2v) is 6.23. The molecule has 0 aromatic carbocycles. The third-order valence-corrected chi connectivity index (χ3v) is 4.19. The lowest BCUT2D eigenvalue weighted by Crippen LogP contribution is -2.21. The number of furan rings is 1. The van der Waals surface area contributed by atoms with Gasteiger partial charge in [0, 0.05) is 38.1 Å². The molecule has 1 aliphatic heterocycles. The van der Waals surface area contributed by atoms with Crippen molar-refractivity contribution in [1.29, 1.82) is 0 Å². The Morgan fingerprint density at radius 3 is 2.61 bits per heavy atom. The van der Waals surface area contributed by atoms with Crippen molar-refractivity contribution >= 4 is 5.97 Å². The van der Waals surface area contributed by atoms with Crippen molar-refractivity contribution in [1.82, 2.24) is 24.5 Å². The zero-order chi connectivity index (χ0) is 20.3. The molecule has 150 valence electrons. The summed E-state index contributed by atoms with van der Waals surface area (Å²) in [4.78, 5) is 11.3. The summed E-state index contributed by atoms with van der Waals surface area (Å²) in [6.45, 7) is 3.40. The van der Waals surface area contributed by atoms with Crippen molar-refractivity contribution < 1.29 is 27.5 Å². The van der Waals surface area contributed by atoms with E-state index in [1.54, 1.807) is 12.5 Å². The van der Waals surface area contributed by atoms with E-state index in [-0.39, 0.29) is 0 Å². The van der Waals surface area contributed by atoms with Crippen molar-refractivity contribution in [3.05, 3.63) is 59.6 Å². The third kappa shape index (κ3) is 4.60. The van der Waals surface area contributed by atoms with E-state index in [1.807, 2.05) is 40.8 Å². The Kier molecular flexibility index (Phi) is 5.54. The lowest BCUT2D eigenvalue weighted by Gasteiger charge is -2.13. The lowest BCUT2D eigenvalue weighted by atomic mass is 10.2. The highest BCUT2D eigenvalue weighted by Gasteiger charge is 2.38. The van der Waals surface area contributed by atoms with Crippen LogP contribution in [0.1, 0.15) is 22.7 Å². The highest BCUT2D eigenvalue weighted by Crippen LogP contribution is 2.27. The fraction of sp³-hybridized carbons (Fsp3) is 0.353. The van der Waals surface area contributed by atoms with Crippen LogP contribution in [0.3, 0.4) is 0 Å². The summed E-state index contributed by atoms with van der Waals surface area (Å²) in [6.07, 6.45) is 0.409. The molecule has 4 rings (SSSR count). The molecule has 11 heteroatoms. The number of carboxylic acid groups (broad SMARTS) is 1. The van der Waals surface area contributed by atoms with Gasteiger partial charge in [-0.15, -0.1) is 0 Å². The molecule has 0 spiro atoms. The fourth-order valence-corrected chi connectivity index (χ4v) is 2.94. The van der Waals surface area contributed by atoms with Crippen LogP contribution >= 0.6 is 0 Å². The number of hydrogen-bond donors (Lipinski definition) is 1. The maximum Gasteiger partial charge on any atom is 0.490 e. The standard InChI is InChI=1S/C15H17N5O.C2HF3O2/c1-18-15-11-19(8-12-4-2-7-21-12)9-13(15)14(17-18)10-20-6-3-5-16-20;3-2(4,5)1(6)7/h2-7H,8-11H2,1H3;(H,6,7). The molecule has 0 bridgehead atoms. The van der Waals surface area contributed by atoms with Gasteiger partial charge >= 0.3 is 12.1 Å². The molecule has 0 fully saturated rings. The van der Waals surface area contributed by atoms with Gasteiger partial charge in [-0.3, -0.25) is 14.3 Å². The average molecular weight is 397 g/mol. The Morgan fingerprint density at radius 2 is 2.04 bits per heavy atom. The van der Waals surface area contributed by atoms with Crippen molar-refractivity contribution in [2.75, 3.05) is 0 Å². The normalized spacial score (nSPS) is 13.9. The summed E-state index contributed by atoms with van der Waals surface area (Å²) in [6, 6.07) is 5.89. The maximum absolute atomic E-state index is 10.6. The Bertz CT molecular complexity index is 917. The molecule has 8 nitrogen and oxygen atoms in total. The quantitative estimate of drug-likeness (QED) is 0.727. The summed E-state index contributed by atoms with van der Waals surface area (Å²) in [5, 5.41) is 16.0. The number of halogens is 3. The maximum atomic E-state index is 10.6. The van der Waals surface area contributed by atoms with Crippen LogP contribution in [0, 0.1) is 0 Å². The number of aromatic nitrogens is 4. The zero-order valence-electron chi connectivity index (χ0n) is 14.9. The van der Waals surface area contributed by atoms with E-state index in [9.17, 15) is 13.2 Å². The van der Waals surface area contributed by atoms with Gasteiger partial charge < -0.3 is 9.52 Å². The van der Waals surface area contributed by atoms with Crippen molar-refractivity contribution in [3.8, 4) is 0 Å². The van der Waals surface area contributed by atoms with E-state index < -0.39 is 12.1 Å². The van der Waals surface area contributed by atoms with E-state index in [2.05, 4.69) is 15.1 Å². The van der Waals surface area contributed by atoms with Gasteiger partial charge in [-0.05, 0) is 18.2 Å². The molecule has 4 heterocycles. The Balaban J connectivity index is 0.000000279. The van der Waals surface area contributed by atoms with Crippen LogP contribution < -0.4 is 0 Å². The van der Waals surface area contributed by atoms with Crippen molar-refractivity contribution in [2.24, 2.45) is 7.05 Å². The van der Waals surface area contributed by atoms with E-state index in [1.165, 1.54) is 11.3 Å². The number of aliphatic carboxylic acids is 1. The molecule has 3 aromatic rings. The smallest absolute Gasteiger partial charge is 0.475 e. The van der Waals surface area contributed by atoms with Crippen LogP contribution in [0.2, 0.25) is 0 Å². The number of alkyl halides is 3. The van der Waals surface area contributed by atoms with Crippen LogP contribution in [-0.4, -0.2) is 41.7 Å². The SMILES string of the molecule is Cn1nc(Cn2cccn2)c2c1CN(Cc1ccco1)C2.O=C(O)C(F)(F)F. The minimum Gasteiger partial charge on any atom is -0.475 e. The number of nitrogens with zero attached hydrogens (tertiary/aromatic N) is 5. The Morgan fingerprint density at radius 1 is 1.29 bits per heavy atom. The first-order valence-electron chi connectivity index (χ1n) is 8.30. The summed E-state index contributed by atoms with van der Waals surface area (Å²) in [7, 11) is 2.02. The molecule has 28 heavy (non-hydrogen) atoms. The van der Waals surface area contributed by atoms with E-state index in [0.29, 0.717) is 0 Å². The first-order chi connectivity index (χ1) is 13.2. The molecule has 3 aromatic heterocycles. The van der Waals surface area contributed by atoms with Crippen molar-refractivity contribution in [3.63, 3.8) is 0 Å². The van der Waals surface area contributed by atoms with E-state index in [4.69, 9.17) is 14.3 Å². The van der Waals surface area contributed by atoms with Crippen LogP contribution in [0.4, 0.5) is 13.2 Å². The molecule has 0 amide bonds. The fourth-order valence-electron chi connectivity index (χ4n) is 2.94. The Hall–Kier alpha value is -3.08. The predicted octanol–water partition coefficient (Wildman–Crippen LogP) is 2.41. The molecule has 0 radical (unpaired) electrons. The predicted molar refractivity (Wildman–Crippen MR) is 89.9 cm³/mol. The van der Waals surface area contributed by atoms with Gasteiger partial charge in [-0.25, -0.2) is 4.79 Å².